The number of thioether (sulfide) groups is 2. The summed E-state index contributed by atoms with van der Waals surface area (Å²) >= 11 is 2.53. The largest absolute Gasteiger partial charge is 0.293 e. The molecule has 0 atom stereocenters. The van der Waals surface area contributed by atoms with Crippen LogP contribution in [0.25, 0.3) is 6.08 Å². The number of nitro groups is 1. The Labute approximate surface area is 158 Å². The van der Waals surface area contributed by atoms with Gasteiger partial charge in [-0.25, -0.2) is 0 Å². The molecule has 0 bridgehead atoms. The topological polar surface area (TPSA) is 80.5 Å². The smallest absolute Gasteiger partial charge is 0.268 e. The summed E-state index contributed by atoms with van der Waals surface area (Å²) < 4.78 is 0. The van der Waals surface area contributed by atoms with Crippen LogP contribution in [-0.2, 0) is 11.3 Å². The van der Waals surface area contributed by atoms with Crippen LogP contribution in [0.2, 0.25) is 0 Å². The molecule has 1 fully saturated rings. The highest BCUT2D eigenvalue weighted by atomic mass is 32.2. The van der Waals surface area contributed by atoms with Crippen LogP contribution in [-0.4, -0.2) is 27.2 Å². The molecule has 0 aromatic heterocycles. The van der Waals surface area contributed by atoms with E-state index in [1.807, 2.05) is 30.5 Å². The summed E-state index contributed by atoms with van der Waals surface area (Å²) in [5.41, 5.74) is 1.48. The van der Waals surface area contributed by atoms with Crippen molar-refractivity contribution >= 4 is 46.4 Å². The van der Waals surface area contributed by atoms with E-state index in [2.05, 4.69) is 0 Å². The monoisotopic (exact) mass is 386 g/mol. The van der Waals surface area contributed by atoms with Gasteiger partial charge in [0.05, 0.1) is 16.4 Å². The quantitative estimate of drug-likeness (QED) is 0.324. The first-order valence-corrected chi connectivity index (χ1v) is 9.65. The summed E-state index contributed by atoms with van der Waals surface area (Å²) in [6.45, 7) is 0.0887. The van der Waals surface area contributed by atoms with Gasteiger partial charge in [-0.1, -0.05) is 24.3 Å². The zero-order valence-electron chi connectivity index (χ0n) is 13.7. The average molecular weight is 386 g/mol. The van der Waals surface area contributed by atoms with Gasteiger partial charge in [-0.15, -0.1) is 11.8 Å². The standard InChI is InChI=1S/C18H14N2O4S2/c1-25-15-8-4-12(5-9-15)10-16-17(21)19(18(22)26-16)11-13-2-6-14(7-3-13)20(23)24/h2-10H,11H2,1H3/b16-10-. The van der Waals surface area contributed by atoms with Gasteiger partial charge in [0.15, 0.2) is 0 Å². The van der Waals surface area contributed by atoms with Crippen LogP contribution in [0.1, 0.15) is 11.1 Å². The van der Waals surface area contributed by atoms with Crippen molar-refractivity contribution in [3.8, 4) is 0 Å². The predicted octanol–water partition coefficient (Wildman–Crippen LogP) is 4.55. The van der Waals surface area contributed by atoms with Crippen LogP contribution in [0.15, 0.2) is 58.3 Å². The molecule has 0 N–H and O–H groups in total. The van der Waals surface area contributed by atoms with Crippen molar-refractivity contribution in [1.29, 1.82) is 0 Å². The second-order valence-electron chi connectivity index (χ2n) is 5.46. The molecule has 8 heteroatoms. The Morgan fingerprint density at radius 3 is 2.35 bits per heavy atom. The second-order valence-corrected chi connectivity index (χ2v) is 7.34. The number of nitro benzene ring substituents is 1. The molecular formula is C18H14N2O4S2. The molecule has 1 aliphatic heterocycles. The minimum atomic E-state index is -0.491. The Morgan fingerprint density at radius 1 is 1.12 bits per heavy atom. The first kappa shape index (κ1) is 18.2. The van der Waals surface area contributed by atoms with Gasteiger partial charge in [-0.2, -0.15) is 0 Å². The summed E-state index contributed by atoms with van der Waals surface area (Å²) in [6.07, 6.45) is 3.68. The van der Waals surface area contributed by atoms with Gasteiger partial charge in [-0.05, 0) is 47.4 Å². The molecule has 0 radical (unpaired) electrons. The first-order chi connectivity index (χ1) is 12.5. The highest BCUT2D eigenvalue weighted by Crippen LogP contribution is 2.33. The summed E-state index contributed by atoms with van der Waals surface area (Å²) in [6, 6.07) is 13.5. The summed E-state index contributed by atoms with van der Waals surface area (Å²) in [4.78, 5) is 37.5. The average Bonchev–Trinajstić information content (AvgIpc) is 2.90. The number of carbonyl (C=O) groups is 2. The predicted molar refractivity (Wildman–Crippen MR) is 103 cm³/mol. The Hall–Kier alpha value is -2.58. The molecular weight excluding hydrogens is 372 g/mol. The van der Waals surface area contributed by atoms with Gasteiger partial charge in [0.25, 0.3) is 16.8 Å². The van der Waals surface area contributed by atoms with Crippen LogP contribution in [0.5, 0.6) is 0 Å². The normalized spacial score (nSPS) is 15.7. The lowest BCUT2D eigenvalue weighted by Crippen LogP contribution is -2.27. The molecule has 2 amide bonds. The van der Waals surface area contributed by atoms with E-state index in [1.165, 1.54) is 12.1 Å². The van der Waals surface area contributed by atoms with E-state index in [4.69, 9.17) is 0 Å². The molecule has 26 heavy (non-hydrogen) atoms. The fourth-order valence-electron chi connectivity index (χ4n) is 2.39. The van der Waals surface area contributed by atoms with E-state index in [1.54, 1.807) is 30.0 Å². The number of hydrogen-bond acceptors (Lipinski definition) is 6. The summed E-state index contributed by atoms with van der Waals surface area (Å²) in [5.74, 6) is -0.354. The van der Waals surface area contributed by atoms with Gasteiger partial charge in [-0.3, -0.25) is 24.6 Å². The molecule has 0 aliphatic carbocycles. The summed E-state index contributed by atoms with van der Waals surface area (Å²) in [5, 5.41) is 10.3. The Morgan fingerprint density at radius 2 is 1.77 bits per heavy atom. The van der Waals surface area contributed by atoms with E-state index in [0.29, 0.717) is 10.5 Å². The molecule has 3 rings (SSSR count). The van der Waals surface area contributed by atoms with Gasteiger partial charge in [0.1, 0.15) is 0 Å². The molecule has 1 aliphatic rings. The maximum absolute atomic E-state index is 12.5. The maximum atomic E-state index is 12.5. The van der Waals surface area contributed by atoms with Gasteiger partial charge in [0, 0.05) is 17.0 Å². The highest BCUT2D eigenvalue weighted by Gasteiger charge is 2.35. The third kappa shape index (κ3) is 3.97. The van der Waals surface area contributed by atoms with Crippen molar-refractivity contribution in [2.24, 2.45) is 0 Å². The Bertz CT molecular complexity index is 892. The van der Waals surface area contributed by atoms with Crippen molar-refractivity contribution < 1.29 is 14.5 Å². The maximum Gasteiger partial charge on any atom is 0.293 e. The van der Waals surface area contributed by atoms with E-state index >= 15 is 0 Å². The van der Waals surface area contributed by atoms with E-state index in [0.717, 1.165) is 27.1 Å². The van der Waals surface area contributed by atoms with Crippen molar-refractivity contribution in [3.05, 3.63) is 74.7 Å². The van der Waals surface area contributed by atoms with Crippen LogP contribution in [0.4, 0.5) is 10.5 Å². The molecule has 0 spiro atoms. The van der Waals surface area contributed by atoms with E-state index < -0.39 is 4.92 Å². The molecule has 0 unspecified atom stereocenters. The SMILES string of the molecule is CSc1ccc(/C=C2\SC(=O)N(Cc3ccc([N+](=O)[O-])cc3)C2=O)cc1. The van der Waals surface area contributed by atoms with Gasteiger partial charge >= 0.3 is 0 Å². The number of carbonyl (C=O) groups excluding carboxylic acids is 2. The lowest BCUT2D eigenvalue weighted by Gasteiger charge is -2.12. The fraction of sp³-hybridized carbons (Fsp3) is 0.111. The molecule has 1 heterocycles. The fourth-order valence-corrected chi connectivity index (χ4v) is 3.64. The highest BCUT2D eigenvalue weighted by molar-refractivity contribution is 8.18. The Kier molecular flexibility index (Phi) is 5.43. The number of amides is 2. The summed E-state index contributed by atoms with van der Waals surface area (Å²) in [7, 11) is 0. The molecule has 2 aromatic rings. The number of non-ortho nitro benzene ring substituents is 1. The molecule has 132 valence electrons. The first-order valence-electron chi connectivity index (χ1n) is 7.60. The second kappa shape index (κ2) is 7.76. The van der Waals surface area contributed by atoms with Crippen molar-refractivity contribution in [3.63, 3.8) is 0 Å². The zero-order chi connectivity index (χ0) is 18.7. The lowest BCUT2D eigenvalue weighted by molar-refractivity contribution is -0.384. The van der Waals surface area contributed by atoms with Crippen LogP contribution in [0.3, 0.4) is 0 Å². The van der Waals surface area contributed by atoms with Gasteiger partial charge in [0.2, 0.25) is 0 Å². The lowest BCUT2D eigenvalue weighted by atomic mass is 10.2. The van der Waals surface area contributed by atoms with Crippen LogP contribution < -0.4 is 0 Å². The van der Waals surface area contributed by atoms with Crippen molar-refractivity contribution in [2.45, 2.75) is 11.4 Å². The van der Waals surface area contributed by atoms with Gasteiger partial charge < -0.3 is 0 Å². The Balaban J connectivity index is 1.75. The molecule has 2 aromatic carbocycles. The molecule has 1 saturated heterocycles. The van der Waals surface area contributed by atoms with Crippen LogP contribution in [0, 0.1) is 10.1 Å². The van der Waals surface area contributed by atoms with Crippen molar-refractivity contribution in [1.82, 2.24) is 4.90 Å². The van der Waals surface area contributed by atoms with Crippen molar-refractivity contribution in [2.75, 3.05) is 6.26 Å². The number of hydrogen-bond donors (Lipinski definition) is 0. The minimum Gasteiger partial charge on any atom is -0.268 e. The molecule has 0 saturated carbocycles. The number of imide groups is 1. The minimum absolute atomic E-state index is 0.0310. The number of rotatable bonds is 5. The zero-order valence-corrected chi connectivity index (χ0v) is 15.4. The van der Waals surface area contributed by atoms with E-state index in [9.17, 15) is 19.7 Å². The van der Waals surface area contributed by atoms with E-state index in [-0.39, 0.29) is 23.4 Å². The third-order valence-electron chi connectivity index (χ3n) is 3.78. The third-order valence-corrected chi connectivity index (χ3v) is 5.43. The van der Waals surface area contributed by atoms with Crippen LogP contribution >= 0.6 is 23.5 Å². The number of nitrogens with zero attached hydrogens (tertiary/aromatic N) is 2. The number of benzene rings is 2. The molecule has 6 nitrogen and oxygen atoms in total.